The number of unbranched alkanes of at least 4 members (excludes halogenated alkanes) is 2. The van der Waals surface area contributed by atoms with Gasteiger partial charge in [0, 0.05) is 12.1 Å². The van der Waals surface area contributed by atoms with E-state index in [1.807, 2.05) is 0 Å². The molecule has 0 aliphatic heterocycles. The first-order chi connectivity index (χ1) is 9.54. The zero-order chi connectivity index (χ0) is 15.0. The molecule has 0 aliphatic rings. The highest BCUT2D eigenvalue weighted by Gasteiger charge is 2.18. The topological polar surface area (TPSA) is 75.9 Å². The summed E-state index contributed by atoms with van der Waals surface area (Å²) in [4.78, 5) is 8.49. The van der Waals surface area contributed by atoms with E-state index in [1.165, 1.54) is 25.7 Å². The maximum Gasteiger partial charge on any atom is 0.148 e. The minimum absolute atomic E-state index is 0.265. The average molecular weight is 279 g/mol. The highest BCUT2D eigenvalue weighted by Crippen LogP contribution is 2.26. The first-order valence-corrected chi connectivity index (χ1v) is 7.58. The fourth-order valence-corrected chi connectivity index (χ4v) is 2.29. The molecule has 114 valence electrons. The number of hydrogen-bond donors (Lipinski definition) is 3. The van der Waals surface area contributed by atoms with Crippen LogP contribution in [-0.4, -0.2) is 16.5 Å². The second-order valence-corrected chi connectivity index (χ2v) is 6.02. The summed E-state index contributed by atoms with van der Waals surface area (Å²) in [5.41, 5.74) is 3.94. The lowest BCUT2D eigenvalue weighted by molar-refractivity contribution is 0.342. The second-order valence-electron chi connectivity index (χ2n) is 6.02. The summed E-state index contributed by atoms with van der Waals surface area (Å²) in [7, 11) is 0. The lowest BCUT2D eigenvalue weighted by Gasteiger charge is -2.26. The summed E-state index contributed by atoms with van der Waals surface area (Å²) in [6, 6.07) is 0. The Morgan fingerprint density at radius 3 is 2.45 bits per heavy atom. The lowest BCUT2D eigenvalue weighted by atomic mass is 9.87. The van der Waals surface area contributed by atoms with Gasteiger partial charge in [-0.1, -0.05) is 47.0 Å². The van der Waals surface area contributed by atoms with E-state index in [0.29, 0.717) is 5.82 Å². The molecule has 0 saturated carbocycles. The van der Waals surface area contributed by atoms with Gasteiger partial charge in [0.25, 0.3) is 0 Å². The van der Waals surface area contributed by atoms with Crippen molar-refractivity contribution in [3.05, 3.63) is 11.9 Å². The van der Waals surface area contributed by atoms with Crippen molar-refractivity contribution in [3.63, 3.8) is 0 Å². The predicted octanol–water partition coefficient (Wildman–Crippen LogP) is 3.34. The SMILES string of the molecule is CCCCCC(C)(C)CNc1ncnc(NN)c1CC. The van der Waals surface area contributed by atoms with Gasteiger partial charge in [0.2, 0.25) is 0 Å². The fourth-order valence-electron chi connectivity index (χ4n) is 2.29. The number of nitrogen functional groups attached to an aromatic ring is 1. The van der Waals surface area contributed by atoms with Crippen LogP contribution in [0.5, 0.6) is 0 Å². The van der Waals surface area contributed by atoms with Gasteiger partial charge in [0.1, 0.15) is 18.0 Å². The second kappa shape index (κ2) is 8.04. The van der Waals surface area contributed by atoms with E-state index >= 15 is 0 Å². The van der Waals surface area contributed by atoms with E-state index in [-0.39, 0.29) is 5.41 Å². The number of aromatic nitrogens is 2. The highest BCUT2D eigenvalue weighted by atomic mass is 15.3. The van der Waals surface area contributed by atoms with Crippen LogP contribution in [0.3, 0.4) is 0 Å². The number of hydrogen-bond acceptors (Lipinski definition) is 5. The molecule has 0 amide bonds. The van der Waals surface area contributed by atoms with Gasteiger partial charge in [0.05, 0.1) is 0 Å². The molecule has 0 unspecified atom stereocenters. The molecule has 1 rings (SSSR count). The maximum absolute atomic E-state index is 5.49. The Hall–Kier alpha value is -1.36. The minimum atomic E-state index is 0.265. The largest absolute Gasteiger partial charge is 0.369 e. The Morgan fingerprint density at radius 2 is 1.85 bits per heavy atom. The molecular formula is C15H29N5. The van der Waals surface area contributed by atoms with Crippen molar-refractivity contribution in [2.75, 3.05) is 17.3 Å². The molecule has 0 atom stereocenters. The number of hydrazine groups is 1. The first kappa shape index (κ1) is 16.7. The van der Waals surface area contributed by atoms with Gasteiger partial charge < -0.3 is 10.7 Å². The first-order valence-electron chi connectivity index (χ1n) is 7.58. The Balaban J connectivity index is 2.64. The van der Waals surface area contributed by atoms with E-state index in [0.717, 1.165) is 24.3 Å². The Kier molecular flexibility index (Phi) is 6.71. The summed E-state index contributed by atoms with van der Waals surface area (Å²) in [5.74, 6) is 7.08. The van der Waals surface area contributed by atoms with E-state index in [1.54, 1.807) is 6.33 Å². The summed E-state index contributed by atoms with van der Waals surface area (Å²) in [5, 5.41) is 3.46. The molecule has 0 fully saturated rings. The van der Waals surface area contributed by atoms with Crippen LogP contribution >= 0.6 is 0 Å². The zero-order valence-corrected chi connectivity index (χ0v) is 13.3. The lowest BCUT2D eigenvalue weighted by Crippen LogP contribution is -2.24. The molecule has 4 N–H and O–H groups in total. The Morgan fingerprint density at radius 1 is 1.15 bits per heavy atom. The molecule has 1 heterocycles. The van der Waals surface area contributed by atoms with Crippen molar-refractivity contribution in [1.29, 1.82) is 0 Å². The van der Waals surface area contributed by atoms with Crippen molar-refractivity contribution in [1.82, 2.24) is 9.97 Å². The van der Waals surface area contributed by atoms with E-state index < -0.39 is 0 Å². The van der Waals surface area contributed by atoms with Crippen LogP contribution < -0.4 is 16.6 Å². The van der Waals surface area contributed by atoms with Gasteiger partial charge in [-0.3, -0.25) is 0 Å². The van der Waals surface area contributed by atoms with Crippen LogP contribution in [0.1, 0.15) is 58.9 Å². The molecule has 0 aliphatic carbocycles. The Bertz CT molecular complexity index is 403. The molecular weight excluding hydrogens is 250 g/mol. The van der Waals surface area contributed by atoms with E-state index in [2.05, 4.69) is 48.4 Å². The van der Waals surface area contributed by atoms with Gasteiger partial charge in [-0.2, -0.15) is 0 Å². The number of nitrogens with two attached hydrogens (primary N) is 1. The summed E-state index contributed by atoms with van der Waals surface area (Å²) in [6.45, 7) is 9.82. The van der Waals surface area contributed by atoms with Crippen LogP contribution in [0.2, 0.25) is 0 Å². The molecule has 20 heavy (non-hydrogen) atoms. The van der Waals surface area contributed by atoms with Gasteiger partial charge in [0.15, 0.2) is 0 Å². The van der Waals surface area contributed by atoms with Crippen LogP contribution in [0.4, 0.5) is 11.6 Å². The van der Waals surface area contributed by atoms with Crippen molar-refractivity contribution in [2.45, 2.75) is 59.8 Å². The summed E-state index contributed by atoms with van der Waals surface area (Å²) in [6.07, 6.45) is 7.46. The van der Waals surface area contributed by atoms with E-state index in [4.69, 9.17) is 5.84 Å². The van der Waals surface area contributed by atoms with Gasteiger partial charge in [-0.15, -0.1) is 0 Å². The predicted molar refractivity (Wildman–Crippen MR) is 85.6 cm³/mol. The van der Waals surface area contributed by atoms with Gasteiger partial charge >= 0.3 is 0 Å². The van der Waals surface area contributed by atoms with Gasteiger partial charge in [-0.25, -0.2) is 15.8 Å². The highest BCUT2D eigenvalue weighted by molar-refractivity contribution is 5.56. The number of anilines is 2. The molecule has 1 aromatic rings. The minimum Gasteiger partial charge on any atom is -0.369 e. The summed E-state index contributed by atoms with van der Waals surface area (Å²) >= 11 is 0. The normalized spacial score (nSPS) is 11.4. The Labute approximate surface area is 122 Å². The van der Waals surface area contributed by atoms with Crippen LogP contribution in [0, 0.1) is 5.41 Å². The molecule has 0 bridgehead atoms. The number of nitrogens with one attached hydrogen (secondary N) is 2. The van der Waals surface area contributed by atoms with Gasteiger partial charge in [-0.05, 0) is 18.3 Å². The van der Waals surface area contributed by atoms with Crippen molar-refractivity contribution < 1.29 is 0 Å². The fraction of sp³-hybridized carbons (Fsp3) is 0.733. The quantitative estimate of drug-likeness (QED) is 0.367. The molecule has 0 saturated heterocycles. The zero-order valence-electron chi connectivity index (χ0n) is 13.3. The van der Waals surface area contributed by atoms with Crippen molar-refractivity contribution in [3.8, 4) is 0 Å². The number of rotatable bonds is 9. The number of nitrogens with zero attached hydrogens (tertiary/aromatic N) is 2. The molecule has 5 nitrogen and oxygen atoms in total. The monoisotopic (exact) mass is 279 g/mol. The molecule has 0 radical (unpaired) electrons. The van der Waals surface area contributed by atoms with Crippen molar-refractivity contribution >= 4 is 11.6 Å². The molecule has 0 spiro atoms. The maximum atomic E-state index is 5.49. The smallest absolute Gasteiger partial charge is 0.148 e. The van der Waals surface area contributed by atoms with E-state index in [9.17, 15) is 0 Å². The molecule has 1 aromatic heterocycles. The third-order valence-corrected chi connectivity index (χ3v) is 3.63. The van der Waals surface area contributed by atoms with Crippen LogP contribution in [0.15, 0.2) is 6.33 Å². The third-order valence-electron chi connectivity index (χ3n) is 3.63. The summed E-state index contributed by atoms with van der Waals surface area (Å²) < 4.78 is 0. The van der Waals surface area contributed by atoms with Crippen molar-refractivity contribution in [2.24, 2.45) is 11.3 Å². The third kappa shape index (κ3) is 4.96. The average Bonchev–Trinajstić information content (AvgIpc) is 2.44. The molecule has 0 aromatic carbocycles. The standard InChI is InChI=1S/C15H29N5/c1-5-7-8-9-15(3,4)10-17-13-12(6-2)14(20-16)19-11-18-13/h11H,5-10,16H2,1-4H3,(H2,17,18,19,20). The van der Waals surface area contributed by atoms with Crippen LogP contribution in [-0.2, 0) is 6.42 Å². The molecule has 5 heteroatoms. The van der Waals surface area contributed by atoms with Crippen LogP contribution in [0.25, 0.3) is 0 Å².